The molecule has 2 aliphatic heterocycles. The summed E-state index contributed by atoms with van der Waals surface area (Å²) in [5.74, 6) is 0.383. The fourth-order valence-corrected chi connectivity index (χ4v) is 7.90. The van der Waals surface area contributed by atoms with E-state index in [4.69, 9.17) is 33.7 Å². The van der Waals surface area contributed by atoms with Crippen LogP contribution in [0.25, 0.3) is 5.52 Å². The zero-order valence-electron chi connectivity index (χ0n) is 26.0. The minimum absolute atomic E-state index is 0.0180. The van der Waals surface area contributed by atoms with Crippen LogP contribution in [0, 0.1) is 0 Å². The molecule has 13 nitrogen and oxygen atoms in total. The van der Waals surface area contributed by atoms with E-state index < -0.39 is 49.8 Å². The van der Waals surface area contributed by atoms with Crippen LogP contribution in [0.15, 0.2) is 42.7 Å². The largest absolute Gasteiger partial charge is 0.459 e. The van der Waals surface area contributed by atoms with Crippen molar-refractivity contribution in [3.8, 4) is 5.75 Å². The maximum Gasteiger partial charge on any atom is 0.459 e. The average molecular weight is 644 g/mol. The van der Waals surface area contributed by atoms with Gasteiger partial charge in [-0.3, -0.25) is 4.52 Å². The van der Waals surface area contributed by atoms with E-state index in [2.05, 4.69) is 15.2 Å². The van der Waals surface area contributed by atoms with Crippen molar-refractivity contribution in [2.75, 3.05) is 12.3 Å². The second-order valence-corrected chi connectivity index (χ2v) is 14.9. The molecule has 0 bridgehead atoms. The maximum atomic E-state index is 14.4. The Morgan fingerprint density at radius 2 is 1.87 bits per heavy atom. The van der Waals surface area contributed by atoms with E-state index in [1.807, 2.05) is 45.0 Å². The molecule has 0 radical (unpaired) electrons. The van der Waals surface area contributed by atoms with Crippen molar-refractivity contribution in [2.24, 2.45) is 0 Å². The normalized spacial score (nSPS) is 30.5. The fraction of sp³-hybridized carbons (Fsp3) is 0.613. The van der Waals surface area contributed by atoms with E-state index in [9.17, 15) is 9.67 Å². The summed E-state index contributed by atoms with van der Waals surface area (Å²) < 4.78 is 53.3. The molecular weight excluding hydrogens is 601 g/mol. The number of hydrogen-bond donors (Lipinski definition) is 3. The van der Waals surface area contributed by atoms with Gasteiger partial charge in [0.2, 0.25) is 0 Å². The molecule has 1 aromatic carbocycles. The number of aliphatic hydroxyl groups is 1. The van der Waals surface area contributed by atoms with Crippen molar-refractivity contribution < 1.29 is 37.7 Å². The molecule has 2 unspecified atom stereocenters. The van der Waals surface area contributed by atoms with E-state index in [1.54, 1.807) is 23.6 Å². The number of ether oxygens (including phenoxy) is 4. The standard InChI is InChI=1S/C31H42N5O8P/c1-18(29(37)40-21-6-5-7-21)35-45(38,44-22-12-10-20(11-13-22)19-8-9-19)39-16-24-26-27(43-30(2,3)42-26)31(4,41-24)25-15-14-23-28(32)33-17-34-36(23)25/h10-15,17-19,21,24,26-27,29,37H,5-9,16H2,1-4H3,(H,35,38)(H2,32,33,34)/t18-,24+,26+,27+,29?,31-,45?/m0/s1. The summed E-state index contributed by atoms with van der Waals surface area (Å²) in [7, 11) is -4.09. The summed E-state index contributed by atoms with van der Waals surface area (Å²) in [6, 6.07) is 10.5. The van der Waals surface area contributed by atoms with Gasteiger partial charge in [-0.05, 0) is 95.5 Å². The van der Waals surface area contributed by atoms with E-state index >= 15 is 0 Å². The van der Waals surface area contributed by atoms with Crippen molar-refractivity contribution in [1.82, 2.24) is 19.7 Å². The molecule has 4 fully saturated rings. The number of aliphatic hydroxyl groups excluding tert-OH is 1. The second-order valence-electron chi connectivity index (χ2n) is 13.2. The Morgan fingerprint density at radius 1 is 1.11 bits per heavy atom. The monoisotopic (exact) mass is 643 g/mol. The van der Waals surface area contributed by atoms with Crippen molar-refractivity contribution in [1.29, 1.82) is 0 Å². The molecule has 7 rings (SSSR count). The highest BCUT2D eigenvalue weighted by atomic mass is 31.2. The minimum Gasteiger partial charge on any atom is -0.413 e. The zero-order valence-corrected chi connectivity index (χ0v) is 26.9. The highest BCUT2D eigenvalue weighted by Gasteiger charge is 2.62. The highest BCUT2D eigenvalue weighted by Crippen LogP contribution is 2.52. The number of anilines is 1. The maximum absolute atomic E-state index is 14.4. The molecule has 2 aliphatic carbocycles. The molecule has 2 aromatic heterocycles. The topological polar surface area (TPSA) is 161 Å². The van der Waals surface area contributed by atoms with Gasteiger partial charge in [0.25, 0.3) is 0 Å². The summed E-state index contributed by atoms with van der Waals surface area (Å²) in [5, 5.41) is 18.0. The third kappa shape index (κ3) is 6.13. The molecule has 2 saturated carbocycles. The first-order chi connectivity index (χ1) is 21.4. The fourth-order valence-electron chi connectivity index (χ4n) is 6.35. The molecule has 4 aliphatic rings. The first-order valence-corrected chi connectivity index (χ1v) is 17.2. The van der Waals surface area contributed by atoms with Crippen LogP contribution < -0.4 is 15.3 Å². The van der Waals surface area contributed by atoms with Crippen LogP contribution >= 0.6 is 7.75 Å². The number of nitrogens with two attached hydrogens (primary N) is 1. The number of benzene rings is 1. The number of nitrogen functional groups attached to an aromatic ring is 1. The number of rotatable bonds is 12. The van der Waals surface area contributed by atoms with E-state index in [-0.39, 0.29) is 12.7 Å². The van der Waals surface area contributed by atoms with Gasteiger partial charge in [0.15, 0.2) is 17.9 Å². The first-order valence-electron chi connectivity index (χ1n) is 15.7. The molecule has 3 aromatic rings. The number of fused-ring (bicyclic) bond motifs is 2. The van der Waals surface area contributed by atoms with Crippen molar-refractivity contribution >= 4 is 19.1 Å². The molecule has 244 valence electrons. The molecule has 4 N–H and O–H groups in total. The molecule has 45 heavy (non-hydrogen) atoms. The second kappa shape index (κ2) is 11.6. The van der Waals surface area contributed by atoms with Gasteiger partial charge in [0.05, 0.1) is 24.4 Å². The number of aromatic nitrogens is 3. The predicted octanol–water partition coefficient (Wildman–Crippen LogP) is 4.39. The first kappa shape index (κ1) is 31.0. The zero-order chi connectivity index (χ0) is 31.6. The molecule has 0 spiro atoms. The van der Waals surface area contributed by atoms with Gasteiger partial charge in [0.1, 0.15) is 41.5 Å². The van der Waals surface area contributed by atoms with Crippen LogP contribution in [-0.4, -0.2) is 68.8 Å². The molecule has 7 atom stereocenters. The minimum atomic E-state index is -4.09. The van der Waals surface area contributed by atoms with E-state index in [0.717, 1.165) is 19.3 Å². The van der Waals surface area contributed by atoms with Gasteiger partial charge in [0, 0.05) is 0 Å². The van der Waals surface area contributed by atoms with E-state index in [0.29, 0.717) is 28.7 Å². The summed E-state index contributed by atoms with van der Waals surface area (Å²) in [4.78, 5) is 4.09. The molecule has 4 heterocycles. The van der Waals surface area contributed by atoms with Crippen LogP contribution in [0.3, 0.4) is 0 Å². The predicted molar refractivity (Wildman–Crippen MR) is 163 cm³/mol. The molecule has 2 saturated heterocycles. The molecular formula is C31H42N5O8P. The van der Waals surface area contributed by atoms with Gasteiger partial charge >= 0.3 is 7.75 Å². The van der Waals surface area contributed by atoms with Crippen LogP contribution in [0.1, 0.15) is 77.0 Å². The third-order valence-electron chi connectivity index (χ3n) is 9.16. The average Bonchev–Trinajstić information content (AvgIpc) is 3.55. The van der Waals surface area contributed by atoms with Gasteiger partial charge < -0.3 is 34.3 Å². The Labute approximate surface area is 262 Å². The van der Waals surface area contributed by atoms with Gasteiger partial charge in [-0.15, -0.1) is 0 Å². The summed E-state index contributed by atoms with van der Waals surface area (Å²) in [6.07, 6.45) is 3.53. The van der Waals surface area contributed by atoms with Crippen LogP contribution in [-0.2, 0) is 33.6 Å². The SMILES string of the molecule is C[C@H](NP(=O)(OC[C@H]1O[C@@](C)(c2ccc3c(N)ncnn23)[C@@H]2OC(C)(C)O[C@@H]21)Oc1ccc(C2CC2)cc1)C(O)OC1CCC1. The smallest absolute Gasteiger partial charge is 0.413 e. The lowest BCUT2D eigenvalue weighted by molar-refractivity contribution is -0.212. The number of nitrogens with zero attached hydrogens (tertiary/aromatic N) is 3. The van der Waals surface area contributed by atoms with Crippen molar-refractivity contribution in [3.05, 3.63) is 54.0 Å². The Hall–Kier alpha value is -2.61. The van der Waals surface area contributed by atoms with E-state index in [1.165, 1.54) is 24.7 Å². The lowest BCUT2D eigenvalue weighted by Crippen LogP contribution is -2.42. The molecule has 14 heteroatoms. The Bertz CT molecular complexity index is 1580. The number of nitrogens with one attached hydrogen (secondary N) is 1. The summed E-state index contributed by atoms with van der Waals surface area (Å²) >= 11 is 0. The molecule has 0 amide bonds. The Kier molecular flexibility index (Phi) is 7.97. The number of hydrogen-bond acceptors (Lipinski definition) is 11. The third-order valence-corrected chi connectivity index (χ3v) is 10.8. The van der Waals surface area contributed by atoms with Gasteiger partial charge in [-0.1, -0.05) is 12.1 Å². The summed E-state index contributed by atoms with van der Waals surface area (Å²) in [5.41, 5.74) is 7.63. The van der Waals surface area contributed by atoms with Gasteiger partial charge in [-0.2, -0.15) is 5.10 Å². The van der Waals surface area contributed by atoms with Crippen LogP contribution in [0.2, 0.25) is 0 Å². The lowest BCUT2D eigenvalue weighted by atomic mass is 9.93. The Balaban J connectivity index is 1.13. The lowest BCUT2D eigenvalue weighted by Gasteiger charge is -2.33. The Morgan fingerprint density at radius 3 is 2.56 bits per heavy atom. The van der Waals surface area contributed by atoms with Crippen molar-refractivity contribution in [2.45, 2.75) is 114 Å². The van der Waals surface area contributed by atoms with Crippen LogP contribution in [0.4, 0.5) is 5.82 Å². The quantitative estimate of drug-likeness (QED) is 0.189. The van der Waals surface area contributed by atoms with Crippen molar-refractivity contribution in [3.63, 3.8) is 0 Å². The van der Waals surface area contributed by atoms with Gasteiger partial charge in [-0.25, -0.2) is 19.2 Å². The van der Waals surface area contributed by atoms with Crippen LogP contribution in [0.5, 0.6) is 5.75 Å². The summed E-state index contributed by atoms with van der Waals surface area (Å²) in [6.45, 7) is 7.10. The highest BCUT2D eigenvalue weighted by molar-refractivity contribution is 7.52.